The van der Waals surface area contributed by atoms with Crippen molar-refractivity contribution < 1.29 is 23.1 Å². The maximum atomic E-state index is 12.6. The van der Waals surface area contributed by atoms with Gasteiger partial charge in [-0.2, -0.15) is 4.31 Å². The summed E-state index contributed by atoms with van der Waals surface area (Å²) >= 11 is 0. The second-order valence-electron chi connectivity index (χ2n) is 5.67. The van der Waals surface area contributed by atoms with Gasteiger partial charge < -0.3 is 15.0 Å². The van der Waals surface area contributed by atoms with E-state index in [4.69, 9.17) is 5.11 Å². The predicted molar refractivity (Wildman–Crippen MR) is 82.6 cm³/mol. The Hall–Kier alpha value is -1.87. The lowest BCUT2D eigenvalue weighted by molar-refractivity contribution is -0.138. The van der Waals surface area contributed by atoms with Crippen LogP contribution in [0.25, 0.3) is 0 Å². The fraction of sp³-hybridized carbons (Fsp3) is 0.571. The minimum absolute atomic E-state index is 0.0510. The van der Waals surface area contributed by atoms with Crippen LogP contribution in [0.1, 0.15) is 36.7 Å². The van der Waals surface area contributed by atoms with E-state index in [0.29, 0.717) is 13.1 Å². The van der Waals surface area contributed by atoms with E-state index in [1.807, 2.05) is 0 Å². The number of carbonyl (C=O) groups is 2. The lowest BCUT2D eigenvalue weighted by Gasteiger charge is -2.25. The maximum absolute atomic E-state index is 12.6. The third-order valence-electron chi connectivity index (χ3n) is 3.88. The first-order chi connectivity index (χ1) is 10.7. The molecular formula is C14H21N3O5S. The molecule has 1 aromatic rings. The quantitative estimate of drug-likeness (QED) is 0.804. The van der Waals surface area contributed by atoms with Crippen molar-refractivity contribution in [3.05, 3.63) is 18.0 Å². The zero-order valence-corrected chi connectivity index (χ0v) is 14.0. The number of sulfonamides is 1. The summed E-state index contributed by atoms with van der Waals surface area (Å²) in [5, 5.41) is 11.1. The molecule has 0 spiro atoms. The Morgan fingerprint density at radius 3 is 2.43 bits per heavy atom. The summed E-state index contributed by atoms with van der Waals surface area (Å²) < 4.78 is 28.0. The van der Waals surface area contributed by atoms with Gasteiger partial charge in [0.15, 0.2) is 0 Å². The van der Waals surface area contributed by atoms with Gasteiger partial charge in [-0.05, 0) is 25.8 Å². The number of nitrogens with one attached hydrogen (secondary N) is 1. The molecule has 128 valence electrons. The van der Waals surface area contributed by atoms with Gasteiger partial charge in [0.2, 0.25) is 10.0 Å². The number of piperidine rings is 1. The number of hydrogen-bond donors (Lipinski definition) is 2. The second kappa shape index (κ2) is 6.71. The van der Waals surface area contributed by atoms with Crippen LogP contribution in [-0.4, -0.2) is 53.4 Å². The molecule has 9 heteroatoms. The largest absolute Gasteiger partial charge is 0.480 e. The number of rotatable bonds is 5. The van der Waals surface area contributed by atoms with Gasteiger partial charge in [0, 0.05) is 26.3 Å². The van der Waals surface area contributed by atoms with Crippen LogP contribution < -0.4 is 5.32 Å². The lowest BCUT2D eigenvalue weighted by Crippen LogP contribution is -2.39. The van der Waals surface area contributed by atoms with Crippen molar-refractivity contribution in [3.8, 4) is 0 Å². The molecule has 8 nitrogen and oxygen atoms in total. The molecule has 1 amide bonds. The zero-order chi connectivity index (χ0) is 17.2. The molecule has 0 saturated carbocycles. The minimum Gasteiger partial charge on any atom is -0.480 e. The van der Waals surface area contributed by atoms with Crippen LogP contribution in [0.3, 0.4) is 0 Å². The zero-order valence-electron chi connectivity index (χ0n) is 13.2. The maximum Gasteiger partial charge on any atom is 0.325 e. The highest BCUT2D eigenvalue weighted by molar-refractivity contribution is 7.89. The van der Waals surface area contributed by atoms with Crippen LogP contribution in [-0.2, 0) is 21.9 Å². The van der Waals surface area contributed by atoms with E-state index < -0.39 is 27.9 Å². The average Bonchev–Trinajstić information content (AvgIpc) is 2.90. The molecule has 1 unspecified atom stereocenters. The highest BCUT2D eigenvalue weighted by atomic mass is 32.2. The Morgan fingerprint density at radius 1 is 1.26 bits per heavy atom. The molecule has 1 aromatic heterocycles. The molecule has 0 bridgehead atoms. The van der Waals surface area contributed by atoms with E-state index in [9.17, 15) is 18.0 Å². The number of aliphatic carboxylic acids is 1. The number of aromatic nitrogens is 1. The molecule has 1 aliphatic rings. The van der Waals surface area contributed by atoms with Crippen LogP contribution in [0.2, 0.25) is 0 Å². The van der Waals surface area contributed by atoms with Crippen molar-refractivity contribution >= 4 is 21.9 Å². The predicted octanol–water partition coefficient (Wildman–Crippen LogP) is 0.403. The highest BCUT2D eigenvalue weighted by Crippen LogP contribution is 2.22. The minimum atomic E-state index is -3.63. The first-order valence-corrected chi connectivity index (χ1v) is 8.87. The number of aryl methyl sites for hydroxylation is 1. The van der Waals surface area contributed by atoms with Gasteiger partial charge in [-0.25, -0.2) is 8.42 Å². The van der Waals surface area contributed by atoms with Crippen LogP contribution in [0.4, 0.5) is 0 Å². The van der Waals surface area contributed by atoms with Crippen LogP contribution in [0.5, 0.6) is 0 Å². The van der Waals surface area contributed by atoms with Gasteiger partial charge in [0.1, 0.15) is 16.6 Å². The fourth-order valence-corrected chi connectivity index (χ4v) is 4.08. The van der Waals surface area contributed by atoms with Crippen molar-refractivity contribution in [1.29, 1.82) is 0 Å². The molecule has 0 aromatic carbocycles. The van der Waals surface area contributed by atoms with Gasteiger partial charge in [-0.15, -0.1) is 0 Å². The standard InChI is InChI=1S/C14H21N3O5S/c1-10(14(19)20)15-13(18)12-8-11(9-16(12)2)23(21,22)17-6-4-3-5-7-17/h8-10H,3-7H2,1-2H3,(H,15,18)(H,19,20). The van der Waals surface area contributed by atoms with Crippen LogP contribution in [0.15, 0.2) is 17.2 Å². The summed E-state index contributed by atoms with van der Waals surface area (Å²) in [7, 11) is -2.07. The van der Waals surface area contributed by atoms with E-state index in [2.05, 4.69) is 5.32 Å². The first-order valence-electron chi connectivity index (χ1n) is 7.43. The summed E-state index contributed by atoms with van der Waals surface area (Å²) in [6.07, 6.45) is 4.05. The first kappa shape index (κ1) is 17.5. The molecule has 1 fully saturated rings. The Bertz CT molecular complexity index is 704. The molecule has 1 aliphatic heterocycles. The van der Waals surface area contributed by atoms with E-state index in [1.54, 1.807) is 7.05 Å². The molecule has 2 N–H and O–H groups in total. The molecule has 0 aliphatic carbocycles. The Balaban J connectivity index is 2.23. The summed E-state index contributed by atoms with van der Waals surface area (Å²) in [4.78, 5) is 22.9. The Kier molecular flexibility index (Phi) is 5.10. The lowest BCUT2D eigenvalue weighted by atomic mass is 10.2. The van der Waals surface area contributed by atoms with Gasteiger partial charge in [-0.1, -0.05) is 6.42 Å². The SMILES string of the molecule is CC(NC(=O)c1cc(S(=O)(=O)N2CCCCC2)cn1C)C(=O)O. The number of carboxylic acids is 1. The third kappa shape index (κ3) is 3.73. The van der Waals surface area contributed by atoms with Gasteiger partial charge >= 0.3 is 5.97 Å². The van der Waals surface area contributed by atoms with Gasteiger partial charge in [0.05, 0.1) is 0 Å². The van der Waals surface area contributed by atoms with Crippen molar-refractivity contribution in [2.24, 2.45) is 7.05 Å². The Morgan fingerprint density at radius 2 is 1.87 bits per heavy atom. The fourth-order valence-electron chi connectivity index (χ4n) is 2.49. The van der Waals surface area contributed by atoms with Crippen molar-refractivity contribution in [2.45, 2.75) is 37.1 Å². The van der Waals surface area contributed by atoms with Crippen LogP contribution >= 0.6 is 0 Å². The summed E-state index contributed by atoms with van der Waals surface area (Å²) in [5.41, 5.74) is 0.105. The molecule has 2 rings (SSSR count). The van der Waals surface area contributed by atoms with E-state index in [-0.39, 0.29) is 10.6 Å². The smallest absolute Gasteiger partial charge is 0.325 e. The molecule has 1 atom stereocenters. The second-order valence-corrected chi connectivity index (χ2v) is 7.61. The van der Waals surface area contributed by atoms with Gasteiger partial charge in [0.25, 0.3) is 5.91 Å². The summed E-state index contributed by atoms with van der Waals surface area (Å²) in [6, 6.07) is 0.230. The molecular weight excluding hydrogens is 322 g/mol. The van der Waals surface area contributed by atoms with Crippen molar-refractivity contribution in [2.75, 3.05) is 13.1 Å². The number of hydrogen-bond acceptors (Lipinski definition) is 4. The molecule has 23 heavy (non-hydrogen) atoms. The highest BCUT2D eigenvalue weighted by Gasteiger charge is 2.28. The van der Waals surface area contributed by atoms with Crippen molar-refractivity contribution in [3.63, 3.8) is 0 Å². The molecule has 0 radical (unpaired) electrons. The normalized spacial score (nSPS) is 17.7. The van der Waals surface area contributed by atoms with E-state index >= 15 is 0 Å². The monoisotopic (exact) mass is 343 g/mol. The molecule has 1 saturated heterocycles. The summed E-state index contributed by atoms with van der Waals surface area (Å²) in [6.45, 7) is 2.30. The number of carbonyl (C=O) groups excluding carboxylic acids is 1. The van der Waals surface area contributed by atoms with Gasteiger partial charge in [-0.3, -0.25) is 9.59 Å². The molecule has 2 heterocycles. The number of nitrogens with zero attached hydrogens (tertiary/aromatic N) is 2. The van der Waals surface area contributed by atoms with E-state index in [0.717, 1.165) is 19.3 Å². The van der Waals surface area contributed by atoms with Crippen molar-refractivity contribution in [1.82, 2.24) is 14.2 Å². The average molecular weight is 343 g/mol. The van der Waals surface area contributed by atoms with E-state index in [1.165, 1.54) is 28.1 Å². The Labute approximate surface area is 135 Å². The third-order valence-corrected chi connectivity index (χ3v) is 5.75. The summed E-state index contributed by atoms with van der Waals surface area (Å²) in [5.74, 6) is -1.78. The number of carboxylic acid groups (broad SMARTS) is 1. The topological polar surface area (TPSA) is 109 Å². The number of amides is 1. The van der Waals surface area contributed by atoms with Crippen LogP contribution in [0, 0.1) is 0 Å².